The fraction of sp³-hybridized carbons (Fsp3) is 0.235. The summed E-state index contributed by atoms with van der Waals surface area (Å²) in [5, 5.41) is 3.93. The van der Waals surface area contributed by atoms with Gasteiger partial charge in [0, 0.05) is 12.4 Å². The lowest BCUT2D eigenvalue weighted by molar-refractivity contribution is 0.0955. The van der Waals surface area contributed by atoms with E-state index in [1.165, 1.54) is 6.20 Å². The van der Waals surface area contributed by atoms with Gasteiger partial charge in [0.05, 0.1) is 18.4 Å². The molecule has 2 rings (SSSR count). The zero-order chi connectivity index (χ0) is 15.8. The van der Waals surface area contributed by atoms with Crippen LogP contribution in [-0.2, 0) is 0 Å². The lowest BCUT2D eigenvalue weighted by atomic mass is 10.2. The Morgan fingerprint density at radius 2 is 2.09 bits per heavy atom. The number of hydrogen-bond donors (Lipinski definition) is 1. The van der Waals surface area contributed by atoms with Gasteiger partial charge in [-0.15, -0.1) is 0 Å². The van der Waals surface area contributed by atoms with Crippen LogP contribution < -0.4 is 10.2 Å². The summed E-state index contributed by atoms with van der Waals surface area (Å²) in [5.41, 5.74) is 3.81. The number of carbonyl (C=O) groups is 1. The number of nitrogens with zero attached hydrogens (tertiary/aromatic N) is 2. The van der Waals surface area contributed by atoms with Crippen LogP contribution in [0, 0.1) is 5.92 Å². The fourth-order valence-electron chi connectivity index (χ4n) is 1.64. The molecule has 22 heavy (non-hydrogen) atoms. The number of pyridine rings is 1. The Morgan fingerprint density at radius 3 is 2.73 bits per heavy atom. The van der Waals surface area contributed by atoms with Gasteiger partial charge >= 0.3 is 0 Å². The highest BCUT2D eigenvalue weighted by Gasteiger charge is 2.02. The normalized spacial score (nSPS) is 10.9. The molecule has 0 fully saturated rings. The highest BCUT2D eigenvalue weighted by Crippen LogP contribution is 2.12. The Hall–Kier alpha value is -2.69. The van der Waals surface area contributed by atoms with E-state index in [1.807, 2.05) is 24.3 Å². The summed E-state index contributed by atoms with van der Waals surface area (Å²) in [6, 6.07) is 10.9. The minimum atomic E-state index is -0.291. The largest absolute Gasteiger partial charge is 0.493 e. The monoisotopic (exact) mass is 297 g/mol. The molecular formula is C17H19N3O2. The molecule has 0 aliphatic rings. The van der Waals surface area contributed by atoms with Crippen molar-refractivity contribution in [2.45, 2.75) is 13.8 Å². The maximum atomic E-state index is 11.8. The summed E-state index contributed by atoms with van der Waals surface area (Å²) >= 11 is 0. The lowest BCUT2D eigenvalue weighted by Crippen LogP contribution is -2.17. The number of carbonyl (C=O) groups excluding carboxylic acids is 1. The highest BCUT2D eigenvalue weighted by atomic mass is 16.5. The SMILES string of the molecule is CC(C)COc1ccc(/C=N\NC(=O)c2cccnc2)cc1. The van der Waals surface area contributed by atoms with Gasteiger partial charge in [0.2, 0.25) is 0 Å². The van der Waals surface area contributed by atoms with Gasteiger partial charge in [-0.3, -0.25) is 9.78 Å². The standard InChI is InChI=1S/C17H19N3O2/c1-13(2)12-22-16-7-5-14(6-8-16)10-19-20-17(21)15-4-3-9-18-11-15/h3-11,13H,12H2,1-2H3,(H,20,21)/b19-10-. The van der Waals surface area contributed by atoms with Gasteiger partial charge in [0.25, 0.3) is 5.91 Å². The molecule has 1 amide bonds. The summed E-state index contributed by atoms with van der Waals surface area (Å²) in [6.07, 6.45) is 4.69. The van der Waals surface area contributed by atoms with E-state index in [1.54, 1.807) is 24.5 Å². The maximum Gasteiger partial charge on any atom is 0.272 e. The van der Waals surface area contributed by atoms with E-state index in [2.05, 4.69) is 29.4 Å². The molecule has 114 valence electrons. The minimum Gasteiger partial charge on any atom is -0.493 e. The molecule has 1 aromatic carbocycles. The molecule has 1 heterocycles. The lowest BCUT2D eigenvalue weighted by Gasteiger charge is -2.08. The molecule has 0 saturated carbocycles. The van der Waals surface area contributed by atoms with Gasteiger partial charge in [-0.25, -0.2) is 5.43 Å². The molecule has 5 nitrogen and oxygen atoms in total. The number of amides is 1. The molecule has 0 unspecified atom stereocenters. The van der Waals surface area contributed by atoms with Crippen LogP contribution >= 0.6 is 0 Å². The van der Waals surface area contributed by atoms with Crippen molar-refractivity contribution in [1.29, 1.82) is 0 Å². The average Bonchev–Trinajstić information content (AvgIpc) is 2.55. The second kappa shape index (κ2) is 7.93. The van der Waals surface area contributed by atoms with Crippen molar-refractivity contribution in [2.75, 3.05) is 6.61 Å². The van der Waals surface area contributed by atoms with Crippen LogP contribution in [-0.4, -0.2) is 23.7 Å². The smallest absolute Gasteiger partial charge is 0.272 e. The molecule has 0 spiro atoms. The molecular weight excluding hydrogens is 278 g/mol. The van der Waals surface area contributed by atoms with Crippen molar-refractivity contribution in [2.24, 2.45) is 11.0 Å². The van der Waals surface area contributed by atoms with Crippen LogP contribution in [0.3, 0.4) is 0 Å². The van der Waals surface area contributed by atoms with E-state index in [-0.39, 0.29) is 5.91 Å². The Morgan fingerprint density at radius 1 is 1.32 bits per heavy atom. The first-order valence-electron chi connectivity index (χ1n) is 7.11. The van der Waals surface area contributed by atoms with Crippen molar-refractivity contribution >= 4 is 12.1 Å². The van der Waals surface area contributed by atoms with Gasteiger partial charge in [-0.2, -0.15) is 5.10 Å². The molecule has 0 bridgehead atoms. The number of ether oxygens (including phenoxy) is 1. The predicted octanol–water partition coefficient (Wildman–Crippen LogP) is 2.88. The summed E-state index contributed by atoms with van der Waals surface area (Å²) in [6.45, 7) is 4.90. The third-order valence-electron chi connectivity index (χ3n) is 2.77. The van der Waals surface area contributed by atoms with E-state index in [9.17, 15) is 4.79 Å². The molecule has 1 aromatic heterocycles. The molecule has 2 aromatic rings. The summed E-state index contributed by atoms with van der Waals surface area (Å²) in [4.78, 5) is 15.6. The number of aromatic nitrogens is 1. The second-order valence-electron chi connectivity index (χ2n) is 5.21. The van der Waals surface area contributed by atoms with Crippen LogP contribution in [0.5, 0.6) is 5.75 Å². The van der Waals surface area contributed by atoms with E-state index in [4.69, 9.17) is 4.74 Å². The van der Waals surface area contributed by atoms with Crippen LogP contribution in [0.25, 0.3) is 0 Å². The van der Waals surface area contributed by atoms with Gasteiger partial charge < -0.3 is 4.74 Å². The number of benzene rings is 1. The van der Waals surface area contributed by atoms with E-state index in [0.29, 0.717) is 18.1 Å². The topological polar surface area (TPSA) is 63.6 Å². The Labute approximate surface area is 130 Å². The third-order valence-corrected chi connectivity index (χ3v) is 2.77. The molecule has 1 N–H and O–H groups in total. The first-order valence-corrected chi connectivity index (χ1v) is 7.11. The van der Waals surface area contributed by atoms with Crippen LogP contribution in [0.4, 0.5) is 0 Å². The first kappa shape index (κ1) is 15.7. The summed E-state index contributed by atoms with van der Waals surface area (Å²) in [5.74, 6) is 1.02. The number of nitrogens with one attached hydrogen (secondary N) is 1. The molecule has 0 saturated heterocycles. The van der Waals surface area contributed by atoms with Crippen molar-refractivity contribution in [3.05, 3.63) is 59.9 Å². The van der Waals surface area contributed by atoms with E-state index in [0.717, 1.165) is 11.3 Å². The third kappa shape index (κ3) is 5.01. The number of hydrazone groups is 1. The quantitative estimate of drug-likeness (QED) is 0.658. The van der Waals surface area contributed by atoms with E-state index >= 15 is 0 Å². The van der Waals surface area contributed by atoms with Crippen molar-refractivity contribution in [1.82, 2.24) is 10.4 Å². The summed E-state index contributed by atoms with van der Waals surface area (Å²) in [7, 11) is 0. The Kier molecular flexibility index (Phi) is 5.65. The van der Waals surface area contributed by atoms with Crippen LogP contribution in [0.2, 0.25) is 0 Å². The minimum absolute atomic E-state index is 0.291. The molecule has 0 atom stereocenters. The van der Waals surface area contributed by atoms with E-state index < -0.39 is 0 Å². The van der Waals surface area contributed by atoms with Crippen LogP contribution in [0.1, 0.15) is 29.8 Å². The van der Waals surface area contributed by atoms with Crippen molar-refractivity contribution < 1.29 is 9.53 Å². The molecule has 0 aliphatic heterocycles. The fourth-order valence-corrected chi connectivity index (χ4v) is 1.64. The van der Waals surface area contributed by atoms with Crippen molar-refractivity contribution in [3.8, 4) is 5.75 Å². The predicted molar refractivity (Wildman–Crippen MR) is 86.1 cm³/mol. The van der Waals surface area contributed by atoms with Crippen LogP contribution in [0.15, 0.2) is 53.9 Å². The Bertz CT molecular complexity index is 622. The second-order valence-corrected chi connectivity index (χ2v) is 5.21. The van der Waals surface area contributed by atoms with Gasteiger partial charge in [-0.05, 0) is 47.9 Å². The van der Waals surface area contributed by atoms with Crippen molar-refractivity contribution in [3.63, 3.8) is 0 Å². The molecule has 0 aliphatic carbocycles. The average molecular weight is 297 g/mol. The number of hydrogen-bond acceptors (Lipinski definition) is 4. The van der Waals surface area contributed by atoms with Gasteiger partial charge in [0.1, 0.15) is 5.75 Å². The summed E-state index contributed by atoms with van der Waals surface area (Å²) < 4.78 is 5.60. The van der Waals surface area contributed by atoms with Gasteiger partial charge in [0.15, 0.2) is 0 Å². The molecule has 0 radical (unpaired) electrons. The number of rotatable bonds is 6. The zero-order valence-corrected chi connectivity index (χ0v) is 12.7. The first-order chi connectivity index (χ1) is 10.6. The highest BCUT2D eigenvalue weighted by molar-refractivity contribution is 5.94. The zero-order valence-electron chi connectivity index (χ0n) is 12.7. The maximum absolute atomic E-state index is 11.8. The Balaban J connectivity index is 1.86. The molecule has 5 heteroatoms. The van der Waals surface area contributed by atoms with Gasteiger partial charge in [-0.1, -0.05) is 13.8 Å².